The molecule has 5 rings (SSSR count). The number of benzene rings is 2. The molecule has 0 saturated carbocycles. The molecule has 5 aromatic rings. The van der Waals surface area contributed by atoms with Crippen molar-refractivity contribution >= 4 is 10.9 Å². The first kappa shape index (κ1) is 26.2. The summed E-state index contributed by atoms with van der Waals surface area (Å²) < 4.78 is 12.4. The third-order valence-electron chi connectivity index (χ3n) is 6.65. The van der Waals surface area contributed by atoms with Gasteiger partial charge in [0.15, 0.2) is 5.82 Å². The van der Waals surface area contributed by atoms with Gasteiger partial charge in [-0.15, -0.1) is 5.10 Å². The van der Waals surface area contributed by atoms with Gasteiger partial charge in [0.2, 0.25) is 0 Å². The number of pyridine rings is 2. The molecule has 200 valence electrons. The van der Waals surface area contributed by atoms with Crippen LogP contribution in [0, 0.1) is 6.92 Å². The van der Waals surface area contributed by atoms with Gasteiger partial charge in [0, 0.05) is 43.7 Å². The van der Waals surface area contributed by atoms with Crippen LogP contribution in [-0.2, 0) is 24.4 Å². The maximum atomic E-state index is 13.7. The van der Waals surface area contributed by atoms with Gasteiger partial charge in [-0.25, -0.2) is 4.68 Å². The fourth-order valence-corrected chi connectivity index (χ4v) is 4.72. The lowest BCUT2D eigenvalue weighted by molar-refractivity contribution is 0.169. The van der Waals surface area contributed by atoms with E-state index in [1.54, 1.807) is 25.1 Å². The van der Waals surface area contributed by atoms with Crippen LogP contribution in [0.2, 0.25) is 0 Å². The Labute approximate surface area is 226 Å². The number of methoxy groups -OCH3 is 2. The highest BCUT2D eigenvalue weighted by molar-refractivity contribution is 5.79. The van der Waals surface area contributed by atoms with Gasteiger partial charge in [0.25, 0.3) is 5.56 Å². The minimum atomic E-state index is -0.562. The SMILES string of the molecule is COCCn1nnnc1[C@@H](c1cc2cc(C)ccc2[nH]c1=O)N(Cc1ccc(OC)cc1)Cc1cccnc1. The van der Waals surface area contributed by atoms with Crippen LogP contribution >= 0.6 is 0 Å². The van der Waals surface area contributed by atoms with Crippen molar-refractivity contribution in [3.8, 4) is 5.75 Å². The number of rotatable bonds is 11. The van der Waals surface area contributed by atoms with E-state index in [0.29, 0.717) is 37.6 Å². The van der Waals surface area contributed by atoms with Crippen LogP contribution in [-0.4, -0.2) is 55.9 Å². The zero-order valence-corrected chi connectivity index (χ0v) is 22.2. The summed E-state index contributed by atoms with van der Waals surface area (Å²) in [6.45, 7) is 3.94. The van der Waals surface area contributed by atoms with Crippen molar-refractivity contribution in [2.45, 2.75) is 32.6 Å². The van der Waals surface area contributed by atoms with Gasteiger partial charge in [-0.3, -0.25) is 14.7 Å². The molecule has 3 aromatic heterocycles. The number of tetrazole rings is 1. The van der Waals surface area contributed by atoms with Crippen molar-refractivity contribution in [1.82, 2.24) is 35.1 Å². The molecule has 0 bridgehead atoms. The van der Waals surface area contributed by atoms with Gasteiger partial charge in [0.1, 0.15) is 11.8 Å². The Morgan fingerprint density at radius 3 is 2.59 bits per heavy atom. The zero-order chi connectivity index (χ0) is 27.2. The van der Waals surface area contributed by atoms with E-state index in [-0.39, 0.29) is 5.56 Å². The number of aryl methyl sites for hydroxylation is 1. The third-order valence-corrected chi connectivity index (χ3v) is 6.65. The maximum absolute atomic E-state index is 13.7. The summed E-state index contributed by atoms with van der Waals surface area (Å²) in [6.07, 6.45) is 3.58. The van der Waals surface area contributed by atoms with Crippen LogP contribution in [0.25, 0.3) is 10.9 Å². The van der Waals surface area contributed by atoms with Crippen molar-refractivity contribution in [3.05, 3.63) is 111 Å². The quantitative estimate of drug-likeness (QED) is 0.278. The van der Waals surface area contributed by atoms with Crippen molar-refractivity contribution in [3.63, 3.8) is 0 Å². The molecule has 0 fully saturated rings. The molecule has 1 atom stereocenters. The summed E-state index contributed by atoms with van der Waals surface area (Å²) in [6, 6.07) is 19.2. The van der Waals surface area contributed by atoms with E-state index in [2.05, 4.69) is 36.5 Å². The average Bonchev–Trinajstić information content (AvgIpc) is 3.41. The summed E-state index contributed by atoms with van der Waals surface area (Å²) in [7, 11) is 3.28. The van der Waals surface area contributed by atoms with Crippen LogP contribution in [0.5, 0.6) is 5.75 Å². The van der Waals surface area contributed by atoms with Crippen LogP contribution in [0.3, 0.4) is 0 Å². The summed E-state index contributed by atoms with van der Waals surface area (Å²) in [5, 5.41) is 13.6. The lowest BCUT2D eigenvalue weighted by Gasteiger charge is -2.31. The molecule has 1 N–H and O–H groups in total. The predicted molar refractivity (Wildman–Crippen MR) is 147 cm³/mol. The first-order valence-electron chi connectivity index (χ1n) is 12.7. The highest BCUT2D eigenvalue weighted by atomic mass is 16.5. The van der Waals surface area contributed by atoms with E-state index in [1.807, 2.05) is 67.7 Å². The van der Waals surface area contributed by atoms with Crippen molar-refractivity contribution in [2.24, 2.45) is 0 Å². The Morgan fingerprint density at radius 1 is 1.03 bits per heavy atom. The van der Waals surface area contributed by atoms with E-state index in [1.165, 1.54) is 0 Å². The maximum Gasteiger partial charge on any atom is 0.253 e. The van der Waals surface area contributed by atoms with Gasteiger partial charge in [0.05, 0.1) is 20.3 Å². The minimum absolute atomic E-state index is 0.191. The highest BCUT2D eigenvalue weighted by Gasteiger charge is 2.31. The number of hydrogen-bond acceptors (Lipinski definition) is 8. The molecule has 0 aliphatic heterocycles. The summed E-state index contributed by atoms with van der Waals surface area (Å²) >= 11 is 0. The second-order valence-electron chi connectivity index (χ2n) is 9.41. The van der Waals surface area contributed by atoms with E-state index in [4.69, 9.17) is 9.47 Å². The topological polar surface area (TPSA) is 111 Å². The first-order valence-corrected chi connectivity index (χ1v) is 12.7. The molecule has 0 unspecified atom stereocenters. The van der Waals surface area contributed by atoms with Crippen molar-refractivity contribution < 1.29 is 9.47 Å². The van der Waals surface area contributed by atoms with Crippen LogP contribution < -0.4 is 10.3 Å². The van der Waals surface area contributed by atoms with Crippen LogP contribution in [0.15, 0.2) is 77.9 Å². The predicted octanol–water partition coefficient (Wildman–Crippen LogP) is 3.66. The second-order valence-corrected chi connectivity index (χ2v) is 9.41. The third kappa shape index (κ3) is 6.02. The van der Waals surface area contributed by atoms with Crippen LogP contribution in [0.4, 0.5) is 0 Å². The highest BCUT2D eigenvalue weighted by Crippen LogP contribution is 2.30. The minimum Gasteiger partial charge on any atom is -0.497 e. The molecule has 0 spiro atoms. The Balaban J connectivity index is 1.67. The second kappa shape index (κ2) is 12.0. The van der Waals surface area contributed by atoms with Gasteiger partial charge in [-0.1, -0.05) is 29.8 Å². The van der Waals surface area contributed by atoms with E-state index in [9.17, 15) is 4.79 Å². The fraction of sp³-hybridized carbons (Fsp3) is 0.276. The molecule has 0 amide bonds. The zero-order valence-electron chi connectivity index (χ0n) is 22.2. The molecule has 3 heterocycles. The average molecular weight is 526 g/mol. The van der Waals surface area contributed by atoms with Crippen molar-refractivity contribution in [1.29, 1.82) is 0 Å². The van der Waals surface area contributed by atoms with Gasteiger partial charge in [-0.2, -0.15) is 0 Å². The molecular weight excluding hydrogens is 494 g/mol. The van der Waals surface area contributed by atoms with E-state index < -0.39 is 6.04 Å². The summed E-state index contributed by atoms with van der Waals surface area (Å²) in [4.78, 5) is 23.2. The molecule has 39 heavy (non-hydrogen) atoms. The lowest BCUT2D eigenvalue weighted by atomic mass is 10.0. The summed E-state index contributed by atoms with van der Waals surface area (Å²) in [5.41, 5.74) is 4.30. The number of nitrogens with one attached hydrogen (secondary N) is 1. The normalized spacial score (nSPS) is 12.2. The molecule has 10 heteroatoms. The molecule has 2 aromatic carbocycles. The number of ether oxygens (including phenoxy) is 2. The number of aromatic nitrogens is 6. The Bertz CT molecular complexity index is 1580. The summed E-state index contributed by atoms with van der Waals surface area (Å²) in [5.74, 6) is 1.33. The van der Waals surface area contributed by atoms with Gasteiger partial charge < -0.3 is 14.5 Å². The van der Waals surface area contributed by atoms with Crippen molar-refractivity contribution in [2.75, 3.05) is 20.8 Å². The van der Waals surface area contributed by atoms with Crippen LogP contribution in [0.1, 0.15) is 34.1 Å². The monoisotopic (exact) mass is 525 g/mol. The largest absolute Gasteiger partial charge is 0.497 e. The molecule has 0 aliphatic rings. The number of H-pyrrole nitrogens is 1. The molecule has 0 aliphatic carbocycles. The fourth-order valence-electron chi connectivity index (χ4n) is 4.72. The van der Waals surface area contributed by atoms with Gasteiger partial charge >= 0.3 is 0 Å². The Morgan fingerprint density at radius 2 is 1.85 bits per heavy atom. The molecule has 0 saturated heterocycles. The lowest BCUT2D eigenvalue weighted by Crippen LogP contribution is -2.35. The Hall–Kier alpha value is -4.41. The van der Waals surface area contributed by atoms with E-state index in [0.717, 1.165) is 33.3 Å². The standard InChI is InChI=1S/C29H31N7O3/c1-20-6-11-26-23(15-20)16-25(29(37)31-26)27(28-32-33-34-36(28)13-14-38-2)35(19-22-5-4-12-30-17-22)18-21-7-9-24(39-3)10-8-21/h4-12,15-17,27H,13-14,18-19H2,1-3H3,(H,31,37)/t27-/m1/s1. The molecule has 0 radical (unpaired) electrons. The molecule has 10 nitrogen and oxygen atoms in total. The number of hydrogen-bond donors (Lipinski definition) is 1. The van der Waals surface area contributed by atoms with Gasteiger partial charge in [-0.05, 0) is 70.3 Å². The number of nitrogens with zero attached hydrogens (tertiary/aromatic N) is 6. The molecular formula is C29H31N7O3. The van der Waals surface area contributed by atoms with E-state index >= 15 is 0 Å². The first-order chi connectivity index (χ1) is 19.1. The number of fused-ring (bicyclic) bond motifs is 1. The number of aromatic amines is 1. The Kier molecular flexibility index (Phi) is 8.04. The smallest absolute Gasteiger partial charge is 0.253 e.